The number of hydrogen-bond donors (Lipinski definition) is 1. The van der Waals surface area contributed by atoms with E-state index < -0.39 is 5.97 Å². The van der Waals surface area contributed by atoms with Crippen LogP contribution in [0.5, 0.6) is 5.75 Å². The molecule has 0 unspecified atom stereocenters. The summed E-state index contributed by atoms with van der Waals surface area (Å²) in [4.78, 5) is 22.9. The maximum Gasteiger partial charge on any atom is 0.311 e. The molecule has 0 amide bonds. The highest BCUT2D eigenvalue weighted by Crippen LogP contribution is 2.13. The van der Waals surface area contributed by atoms with Crippen LogP contribution in [0, 0.1) is 13.8 Å². The lowest BCUT2D eigenvalue weighted by molar-refractivity contribution is -0.136. The van der Waals surface area contributed by atoms with Crippen LogP contribution < -0.4 is 4.74 Å². The Morgan fingerprint density at radius 3 is 2.65 bits per heavy atom. The van der Waals surface area contributed by atoms with E-state index in [9.17, 15) is 4.79 Å². The molecule has 0 radical (unpaired) electrons. The van der Waals surface area contributed by atoms with E-state index in [1.54, 1.807) is 6.92 Å². The van der Waals surface area contributed by atoms with Crippen molar-refractivity contribution in [1.82, 2.24) is 15.0 Å². The van der Waals surface area contributed by atoms with Crippen LogP contribution in [-0.4, -0.2) is 26.0 Å². The largest absolute Gasteiger partial charge is 0.486 e. The first-order valence-electron chi connectivity index (χ1n) is 6.14. The van der Waals surface area contributed by atoms with Crippen LogP contribution in [0.2, 0.25) is 0 Å². The number of hydrogen-bond acceptors (Lipinski definition) is 5. The van der Waals surface area contributed by atoms with Gasteiger partial charge in [-0.05, 0) is 31.5 Å². The zero-order valence-electron chi connectivity index (χ0n) is 11.3. The fraction of sp³-hybridized carbons (Fsp3) is 0.286. The van der Waals surface area contributed by atoms with Crippen LogP contribution in [0.4, 0.5) is 0 Å². The van der Waals surface area contributed by atoms with Crippen molar-refractivity contribution in [2.75, 3.05) is 0 Å². The second-order valence-electron chi connectivity index (χ2n) is 4.39. The van der Waals surface area contributed by atoms with Crippen LogP contribution in [0.15, 0.2) is 24.3 Å². The summed E-state index contributed by atoms with van der Waals surface area (Å²) in [5.74, 6) is 0.909. The molecule has 0 aliphatic carbocycles. The van der Waals surface area contributed by atoms with E-state index in [2.05, 4.69) is 15.0 Å². The van der Waals surface area contributed by atoms with Gasteiger partial charge >= 0.3 is 5.97 Å². The molecular formula is C14H15N3O3. The minimum Gasteiger partial charge on any atom is -0.486 e. The molecule has 1 N–H and O–H groups in total. The van der Waals surface area contributed by atoms with Gasteiger partial charge in [0.2, 0.25) is 0 Å². The Morgan fingerprint density at radius 1 is 1.20 bits per heavy atom. The minimum absolute atomic E-state index is 0.180. The van der Waals surface area contributed by atoms with E-state index in [0.29, 0.717) is 11.6 Å². The van der Waals surface area contributed by atoms with Crippen molar-refractivity contribution in [3.05, 3.63) is 47.3 Å². The second-order valence-corrected chi connectivity index (χ2v) is 4.39. The zero-order valence-corrected chi connectivity index (χ0v) is 11.3. The number of ether oxygens (including phenoxy) is 1. The maximum absolute atomic E-state index is 10.7. The van der Waals surface area contributed by atoms with Gasteiger partial charge in [0.15, 0.2) is 5.82 Å². The molecule has 1 aromatic heterocycles. The first-order valence-corrected chi connectivity index (χ1v) is 6.14. The summed E-state index contributed by atoms with van der Waals surface area (Å²) in [6, 6.07) is 7.63. The first-order chi connectivity index (χ1) is 9.52. The molecule has 0 aliphatic rings. The summed E-state index contributed by atoms with van der Waals surface area (Å²) in [5.41, 5.74) is 1.10. The van der Waals surface area contributed by atoms with Gasteiger partial charge in [0, 0.05) is 0 Å². The van der Waals surface area contributed by atoms with Gasteiger partial charge in [-0.3, -0.25) is 4.79 Å². The molecular weight excluding hydrogens is 258 g/mol. The minimum atomic E-state index is -0.971. The van der Waals surface area contributed by atoms with Gasteiger partial charge in [-0.1, -0.05) is 12.1 Å². The zero-order chi connectivity index (χ0) is 14.5. The van der Waals surface area contributed by atoms with E-state index in [1.165, 1.54) is 0 Å². The highest BCUT2D eigenvalue weighted by Gasteiger charge is 2.08. The number of aliphatic carboxylic acids is 1. The predicted molar refractivity (Wildman–Crippen MR) is 71.4 cm³/mol. The van der Waals surface area contributed by atoms with Gasteiger partial charge in [0.1, 0.15) is 30.4 Å². The number of benzene rings is 1. The fourth-order valence-corrected chi connectivity index (χ4v) is 1.73. The van der Waals surface area contributed by atoms with E-state index >= 15 is 0 Å². The van der Waals surface area contributed by atoms with Crippen LogP contribution in [0.1, 0.15) is 23.0 Å². The second kappa shape index (κ2) is 6.10. The topological polar surface area (TPSA) is 85.2 Å². The molecule has 6 heteroatoms. The fourth-order valence-electron chi connectivity index (χ4n) is 1.73. The highest BCUT2D eigenvalue weighted by molar-refractivity contribution is 5.68. The smallest absolute Gasteiger partial charge is 0.311 e. The third kappa shape index (κ3) is 4.01. The number of carbonyl (C=O) groups is 1. The number of aromatic nitrogens is 3. The Labute approximate surface area is 116 Å². The number of aryl methyl sites for hydroxylation is 2. The number of rotatable bonds is 5. The lowest BCUT2D eigenvalue weighted by atomic mass is 10.2. The quantitative estimate of drug-likeness (QED) is 0.892. The van der Waals surface area contributed by atoms with Crippen molar-refractivity contribution < 1.29 is 14.6 Å². The summed E-state index contributed by atoms with van der Waals surface area (Å²) in [7, 11) is 0. The average molecular weight is 273 g/mol. The van der Waals surface area contributed by atoms with Gasteiger partial charge in [0.05, 0.1) is 0 Å². The molecule has 0 saturated carbocycles. The van der Waals surface area contributed by atoms with Crippen LogP contribution in [0.3, 0.4) is 0 Å². The van der Waals surface area contributed by atoms with Gasteiger partial charge in [-0.15, -0.1) is 0 Å². The summed E-state index contributed by atoms with van der Waals surface area (Å²) in [5, 5.41) is 8.76. The molecule has 20 heavy (non-hydrogen) atoms. The van der Waals surface area contributed by atoms with Gasteiger partial charge in [-0.25, -0.2) is 15.0 Å². The van der Waals surface area contributed by atoms with E-state index in [4.69, 9.17) is 9.84 Å². The molecule has 1 heterocycles. The molecule has 2 aromatic rings. The van der Waals surface area contributed by atoms with Gasteiger partial charge in [0.25, 0.3) is 0 Å². The molecule has 0 fully saturated rings. The summed E-state index contributed by atoms with van der Waals surface area (Å²) in [6.45, 7) is 3.85. The van der Waals surface area contributed by atoms with Crippen molar-refractivity contribution in [3.8, 4) is 5.75 Å². The molecule has 0 bridgehead atoms. The molecule has 1 aromatic carbocycles. The highest BCUT2D eigenvalue weighted by atomic mass is 16.5. The van der Waals surface area contributed by atoms with Crippen LogP contribution in [-0.2, 0) is 17.8 Å². The average Bonchev–Trinajstić information content (AvgIpc) is 2.35. The van der Waals surface area contributed by atoms with Crippen molar-refractivity contribution in [2.24, 2.45) is 0 Å². The number of carboxylic acids is 1. The Bertz CT molecular complexity index is 629. The lowest BCUT2D eigenvalue weighted by Crippen LogP contribution is -2.11. The Hall–Kier alpha value is -2.50. The Balaban J connectivity index is 2.09. The maximum atomic E-state index is 10.7. The monoisotopic (exact) mass is 273 g/mol. The number of nitrogens with zero attached hydrogens (tertiary/aromatic N) is 3. The molecule has 0 aliphatic heterocycles. The van der Waals surface area contributed by atoms with Crippen molar-refractivity contribution in [2.45, 2.75) is 26.9 Å². The Kier molecular flexibility index (Phi) is 4.24. The van der Waals surface area contributed by atoms with Crippen molar-refractivity contribution in [3.63, 3.8) is 0 Å². The molecule has 0 spiro atoms. The summed E-state index contributed by atoms with van der Waals surface area (Å²) in [6.07, 6.45) is -0.221. The van der Waals surface area contributed by atoms with E-state index in [-0.39, 0.29) is 18.9 Å². The molecule has 6 nitrogen and oxygen atoms in total. The molecule has 0 saturated heterocycles. The first kappa shape index (κ1) is 13.9. The molecule has 104 valence electrons. The summed E-state index contributed by atoms with van der Waals surface area (Å²) >= 11 is 0. The van der Waals surface area contributed by atoms with E-state index in [0.717, 1.165) is 11.3 Å². The standard InChI is InChI=1S/C14H15N3O3/c1-9-4-3-5-11(6-9)20-8-13-16-10(2)15-12(17-13)7-14(18)19/h3-6H,7-8H2,1-2H3,(H,18,19). The lowest BCUT2D eigenvalue weighted by Gasteiger charge is -2.07. The van der Waals surface area contributed by atoms with Crippen LogP contribution in [0.25, 0.3) is 0 Å². The van der Waals surface area contributed by atoms with Crippen molar-refractivity contribution >= 4 is 5.97 Å². The Morgan fingerprint density at radius 2 is 1.95 bits per heavy atom. The van der Waals surface area contributed by atoms with Gasteiger partial charge in [-0.2, -0.15) is 0 Å². The molecule has 2 rings (SSSR count). The van der Waals surface area contributed by atoms with Crippen LogP contribution >= 0.6 is 0 Å². The molecule has 0 atom stereocenters. The summed E-state index contributed by atoms with van der Waals surface area (Å²) < 4.78 is 5.59. The predicted octanol–water partition coefficient (Wildman–Crippen LogP) is 1.69. The third-order valence-corrected chi connectivity index (χ3v) is 2.51. The normalized spacial score (nSPS) is 10.3. The number of carboxylic acid groups (broad SMARTS) is 1. The van der Waals surface area contributed by atoms with Gasteiger partial charge < -0.3 is 9.84 Å². The van der Waals surface area contributed by atoms with Crippen molar-refractivity contribution in [1.29, 1.82) is 0 Å². The van der Waals surface area contributed by atoms with E-state index in [1.807, 2.05) is 31.2 Å². The SMILES string of the molecule is Cc1cccc(OCc2nc(C)nc(CC(=O)O)n2)c1. The third-order valence-electron chi connectivity index (χ3n) is 2.51.